The number of hydrogen-bond acceptors (Lipinski definition) is 0. The maximum atomic E-state index is 3.26. The van der Waals surface area contributed by atoms with Crippen molar-refractivity contribution < 1.29 is 0 Å². The molecule has 0 nitrogen and oxygen atoms in total. The molecule has 40 valence electrons. The summed E-state index contributed by atoms with van der Waals surface area (Å²) in [4.78, 5) is 0. The summed E-state index contributed by atoms with van der Waals surface area (Å²) in [5.41, 5.74) is 0. The zero-order valence-corrected chi connectivity index (χ0v) is 5.98. The zero-order chi connectivity index (χ0) is 5.54. The van der Waals surface area contributed by atoms with Crippen LogP contribution in [0.2, 0.25) is 0 Å². The molecule has 0 spiro atoms. The lowest BCUT2D eigenvalue weighted by Gasteiger charge is -1.69. The van der Waals surface area contributed by atoms with E-state index in [4.69, 9.17) is 0 Å². The van der Waals surface area contributed by atoms with Gasteiger partial charge < -0.3 is 0 Å². The van der Waals surface area contributed by atoms with Gasteiger partial charge in [0.25, 0.3) is 0 Å². The molecule has 0 aromatic heterocycles. The lowest BCUT2D eigenvalue weighted by Crippen LogP contribution is -1.53. The van der Waals surface area contributed by atoms with Crippen LogP contribution in [0.1, 0.15) is 6.92 Å². The molecule has 0 aromatic rings. The molecular formula is C6H9Br. The second-order valence-corrected chi connectivity index (χ2v) is 1.76. The third-order valence-electron chi connectivity index (χ3n) is 0.529. The van der Waals surface area contributed by atoms with Crippen molar-refractivity contribution in [2.45, 2.75) is 6.92 Å². The van der Waals surface area contributed by atoms with E-state index in [1.807, 2.05) is 31.2 Å². The highest BCUT2D eigenvalue weighted by Gasteiger charge is 1.59. The van der Waals surface area contributed by atoms with Crippen LogP contribution in [0, 0.1) is 0 Å². The van der Waals surface area contributed by atoms with Crippen molar-refractivity contribution in [2.75, 3.05) is 5.33 Å². The van der Waals surface area contributed by atoms with Crippen molar-refractivity contribution in [3.63, 3.8) is 0 Å². The molecular weight excluding hydrogens is 152 g/mol. The summed E-state index contributed by atoms with van der Waals surface area (Å²) in [5, 5.41) is 0.942. The number of alkyl halides is 1. The highest BCUT2D eigenvalue weighted by Crippen LogP contribution is 1.81. The lowest BCUT2D eigenvalue weighted by molar-refractivity contribution is 1.71. The number of rotatable bonds is 2. The van der Waals surface area contributed by atoms with Crippen LogP contribution in [-0.4, -0.2) is 5.33 Å². The van der Waals surface area contributed by atoms with E-state index in [0.717, 1.165) is 5.33 Å². The average Bonchev–Trinajstić information content (AvgIpc) is 1.69. The Labute approximate surface area is 53.1 Å². The summed E-state index contributed by atoms with van der Waals surface area (Å²) in [6.07, 6.45) is 8.05. The molecule has 0 N–H and O–H groups in total. The molecule has 0 bridgehead atoms. The van der Waals surface area contributed by atoms with E-state index in [-0.39, 0.29) is 0 Å². The van der Waals surface area contributed by atoms with Crippen LogP contribution in [-0.2, 0) is 0 Å². The first-order chi connectivity index (χ1) is 3.41. The molecule has 0 unspecified atom stereocenters. The Kier molecular flexibility index (Phi) is 5.93. The van der Waals surface area contributed by atoms with Crippen molar-refractivity contribution in [3.05, 3.63) is 24.3 Å². The Hall–Kier alpha value is -0.0400. The predicted molar refractivity (Wildman–Crippen MR) is 37.7 cm³/mol. The smallest absolute Gasteiger partial charge is 0.0215 e. The maximum Gasteiger partial charge on any atom is 0.0215 e. The van der Waals surface area contributed by atoms with E-state index in [1.54, 1.807) is 0 Å². The van der Waals surface area contributed by atoms with E-state index in [1.165, 1.54) is 0 Å². The summed E-state index contributed by atoms with van der Waals surface area (Å²) in [7, 11) is 0. The second-order valence-electron chi connectivity index (χ2n) is 1.11. The van der Waals surface area contributed by atoms with Gasteiger partial charge in [0.2, 0.25) is 0 Å². The quantitative estimate of drug-likeness (QED) is 0.431. The average molecular weight is 161 g/mol. The van der Waals surface area contributed by atoms with Crippen LogP contribution < -0.4 is 0 Å². The largest absolute Gasteiger partial charge is 0.0883 e. The monoisotopic (exact) mass is 160 g/mol. The highest BCUT2D eigenvalue weighted by atomic mass is 79.9. The first kappa shape index (κ1) is 6.96. The summed E-state index contributed by atoms with van der Waals surface area (Å²) < 4.78 is 0. The van der Waals surface area contributed by atoms with Gasteiger partial charge in [-0.15, -0.1) is 0 Å². The van der Waals surface area contributed by atoms with Crippen LogP contribution in [0.15, 0.2) is 24.3 Å². The minimum Gasteiger partial charge on any atom is -0.0883 e. The maximum absolute atomic E-state index is 3.26. The summed E-state index contributed by atoms with van der Waals surface area (Å²) in [6.45, 7) is 2.00. The molecule has 0 aliphatic rings. The van der Waals surface area contributed by atoms with Crippen LogP contribution in [0.5, 0.6) is 0 Å². The lowest BCUT2D eigenvalue weighted by atomic mass is 10.5. The molecule has 0 fully saturated rings. The Morgan fingerprint density at radius 3 is 2.57 bits per heavy atom. The van der Waals surface area contributed by atoms with Crippen molar-refractivity contribution in [1.82, 2.24) is 0 Å². The van der Waals surface area contributed by atoms with Crippen LogP contribution in [0.25, 0.3) is 0 Å². The Bertz CT molecular complexity index is 72.2. The fourth-order valence-corrected chi connectivity index (χ4v) is 0.457. The van der Waals surface area contributed by atoms with E-state index in [0.29, 0.717) is 0 Å². The van der Waals surface area contributed by atoms with Gasteiger partial charge in [-0.25, -0.2) is 0 Å². The van der Waals surface area contributed by atoms with Gasteiger partial charge in [-0.3, -0.25) is 0 Å². The SMILES string of the molecule is CC=CC=CCBr. The van der Waals surface area contributed by atoms with Gasteiger partial charge in [0.1, 0.15) is 0 Å². The Balaban J connectivity index is 3.09. The van der Waals surface area contributed by atoms with Gasteiger partial charge in [0.15, 0.2) is 0 Å². The second kappa shape index (κ2) is 5.96. The molecule has 0 aliphatic carbocycles. The number of allylic oxidation sites excluding steroid dienone is 4. The van der Waals surface area contributed by atoms with Gasteiger partial charge >= 0.3 is 0 Å². The van der Waals surface area contributed by atoms with E-state index >= 15 is 0 Å². The molecule has 0 aliphatic heterocycles. The van der Waals surface area contributed by atoms with E-state index in [9.17, 15) is 0 Å². The topological polar surface area (TPSA) is 0 Å². The van der Waals surface area contributed by atoms with Crippen LogP contribution in [0.4, 0.5) is 0 Å². The Morgan fingerprint density at radius 1 is 1.43 bits per heavy atom. The molecule has 0 saturated carbocycles. The molecule has 0 atom stereocenters. The van der Waals surface area contributed by atoms with Gasteiger partial charge in [-0.05, 0) is 6.92 Å². The fourth-order valence-electron chi connectivity index (χ4n) is 0.241. The van der Waals surface area contributed by atoms with Crippen LogP contribution in [0.3, 0.4) is 0 Å². The molecule has 0 amide bonds. The van der Waals surface area contributed by atoms with Crippen molar-refractivity contribution >= 4 is 15.9 Å². The van der Waals surface area contributed by atoms with Crippen molar-refractivity contribution in [3.8, 4) is 0 Å². The Morgan fingerprint density at radius 2 is 2.14 bits per heavy atom. The third kappa shape index (κ3) is 5.96. The van der Waals surface area contributed by atoms with Crippen LogP contribution >= 0.6 is 15.9 Å². The minimum absolute atomic E-state index is 0.942. The minimum atomic E-state index is 0.942. The standard InChI is InChI=1S/C6H9Br/c1-2-3-4-5-6-7/h2-5H,6H2,1H3. The molecule has 0 heterocycles. The van der Waals surface area contributed by atoms with Gasteiger partial charge in [0.05, 0.1) is 0 Å². The first-order valence-corrected chi connectivity index (χ1v) is 3.37. The normalized spacial score (nSPS) is 11.7. The molecule has 0 radical (unpaired) electrons. The van der Waals surface area contributed by atoms with Gasteiger partial charge in [-0.1, -0.05) is 40.2 Å². The summed E-state index contributed by atoms with van der Waals surface area (Å²) in [6, 6.07) is 0. The highest BCUT2D eigenvalue weighted by molar-refractivity contribution is 9.09. The predicted octanol–water partition coefficient (Wildman–Crippen LogP) is 2.51. The van der Waals surface area contributed by atoms with Gasteiger partial charge in [-0.2, -0.15) is 0 Å². The van der Waals surface area contributed by atoms with E-state index in [2.05, 4.69) is 15.9 Å². The molecule has 7 heavy (non-hydrogen) atoms. The van der Waals surface area contributed by atoms with Gasteiger partial charge in [0, 0.05) is 5.33 Å². The van der Waals surface area contributed by atoms with E-state index < -0.39 is 0 Å². The zero-order valence-electron chi connectivity index (χ0n) is 4.39. The van der Waals surface area contributed by atoms with Crippen molar-refractivity contribution in [2.24, 2.45) is 0 Å². The molecule has 1 heteroatoms. The first-order valence-electron chi connectivity index (χ1n) is 2.25. The molecule has 0 saturated heterocycles. The fraction of sp³-hybridized carbons (Fsp3) is 0.333. The third-order valence-corrected chi connectivity index (χ3v) is 0.903. The molecule has 0 rings (SSSR count). The van der Waals surface area contributed by atoms with Crippen molar-refractivity contribution in [1.29, 1.82) is 0 Å². The number of hydrogen-bond donors (Lipinski definition) is 0. The summed E-state index contributed by atoms with van der Waals surface area (Å²) in [5.74, 6) is 0. The number of halogens is 1. The summed E-state index contributed by atoms with van der Waals surface area (Å²) >= 11 is 3.26. The molecule has 0 aromatic carbocycles.